The first-order valence-corrected chi connectivity index (χ1v) is 6.51. The molecule has 3 rings (SSSR count). The molecule has 2 aromatic carbocycles. The number of nitrogens with zero attached hydrogens (tertiary/aromatic N) is 1. The summed E-state index contributed by atoms with van der Waals surface area (Å²) in [6.45, 7) is 3.12. The Balaban J connectivity index is 2.26. The normalized spacial score (nSPS) is 11.1. The van der Waals surface area contributed by atoms with Crippen LogP contribution in [-0.2, 0) is 0 Å². The zero-order valence-corrected chi connectivity index (χ0v) is 11.8. The zero-order valence-electron chi connectivity index (χ0n) is 11.8. The van der Waals surface area contributed by atoms with Crippen molar-refractivity contribution in [1.29, 1.82) is 0 Å². The molecule has 0 spiro atoms. The molecular formula is C16H11F2NO3. The van der Waals surface area contributed by atoms with Gasteiger partial charge in [-0.1, -0.05) is 0 Å². The summed E-state index contributed by atoms with van der Waals surface area (Å²) in [6.07, 6.45) is 0. The molecule has 0 unspecified atom stereocenters. The number of halogens is 2. The van der Waals surface area contributed by atoms with Crippen molar-refractivity contribution in [2.24, 2.45) is 0 Å². The Morgan fingerprint density at radius 2 is 1.73 bits per heavy atom. The molecular weight excluding hydrogens is 292 g/mol. The van der Waals surface area contributed by atoms with Crippen molar-refractivity contribution in [1.82, 2.24) is 4.74 Å². The van der Waals surface area contributed by atoms with E-state index in [4.69, 9.17) is 4.52 Å². The summed E-state index contributed by atoms with van der Waals surface area (Å²) >= 11 is 0. The van der Waals surface area contributed by atoms with E-state index < -0.39 is 23.2 Å². The van der Waals surface area contributed by atoms with E-state index >= 15 is 0 Å². The Bertz CT molecular complexity index is 969. The molecule has 0 aliphatic rings. The van der Waals surface area contributed by atoms with E-state index in [0.717, 1.165) is 16.9 Å². The van der Waals surface area contributed by atoms with Crippen LogP contribution in [0.25, 0.3) is 10.9 Å². The van der Waals surface area contributed by atoms with Gasteiger partial charge in [0.1, 0.15) is 17.2 Å². The molecule has 0 atom stereocenters. The van der Waals surface area contributed by atoms with Crippen molar-refractivity contribution in [3.05, 3.63) is 69.1 Å². The largest absolute Gasteiger partial charge is 0.366 e. The third kappa shape index (κ3) is 2.13. The Kier molecular flexibility index (Phi) is 3.16. The summed E-state index contributed by atoms with van der Waals surface area (Å²) in [5, 5.41) is 0.148. The van der Waals surface area contributed by atoms with Gasteiger partial charge in [0.05, 0.1) is 5.39 Å². The van der Waals surface area contributed by atoms with Crippen LogP contribution < -0.4 is 5.63 Å². The van der Waals surface area contributed by atoms with Crippen LogP contribution in [0.5, 0.6) is 0 Å². The number of hydrogen-bond acceptors (Lipinski definition) is 3. The average molecular weight is 303 g/mol. The van der Waals surface area contributed by atoms with Crippen molar-refractivity contribution in [2.75, 3.05) is 0 Å². The molecule has 6 heteroatoms. The lowest BCUT2D eigenvalue weighted by molar-refractivity contribution is 0.0849. The van der Waals surface area contributed by atoms with Gasteiger partial charge in [-0.05, 0) is 49.2 Å². The van der Waals surface area contributed by atoms with Crippen LogP contribution in [0.15, 0.2) is 39.6 Å². The predicted octanol–water partition coefficient (Wildman–Crippen LogP) is 3.18. The summed E-state index contributed by atoms with van der Waals surface area (Å²) in [7, 11) is 0. The third-order valence-electron chi connectivity index (χ3n) is 3.48. The van der Waals surface area contributed by atoms with Gasteiger partial charge in [-0.25, -0.2) is 13.6 Å². The molecule has 1 aromatic heterocycles. The number of rotatable bonds is 1. The van der Waals surface area contributed by atoms with E-state index in [1.54, 1.807) is 13.8 Å². The first-order chi connectivity index (χ1) is 10.4. The number of aryl methyl sites for hydroxylation is 2. The summed E-state index contributed by atoms with van der Waals surface area (Å²) in [6, 6.07) is 5.88. The van der Waals surface area contributed by atoms with Gasteiger partial charge < -0.3 is 4.52 Å². The Hall–Kier alpha value is -2.76. The van der Waals surface area contributed by atoms with Crippen molar-refractivity contribution >= 4 is 16.8 Å². The highest BCUT2D eigenvalue weighted by Gasteiger charge is 2.20. The summed E-state index contributed by atoms with van der Waals surface area (Å²) < 4.78 is 32.4. The summed E-state index contributed by atoms with van der Waals surface area (Å²) in [4.78, 5) is 24.4. The second-order valence-corrected chi connectivity index (χ2v) is 5.05. The highest BCUT2D eigenvalue weighted by Crippen LogP contribution is 2.20. The Labute approximate surface area is 123 Å². The maximum absolute atomic E-state index is 13.6. The standard InChI is InChI=1S/C16H11F2NO3/c1-8-5-10(17)3-4-12(8)15(20)19-13-7-11(18)6-9(2)14(13)16(21)22-19/h3-7H,1-2H3. The van der Waals surface area contributed by atoms with Crippen LogP contribution in [0, 0.1) is 25.5 Å². The minimum Gasteiger partial charge on any atom is -0.327 e. The van der Waals surface area contributed by atoms with Crippen LogP contribution in [0.4, 0.5) is 8.78 Å². The fourth-order valence-corrected chi connectivity index (χ4v) is 2.46. The topological polar surface area (TPSA) is 52.2 Å². The van der Waals surface area contributed by atoms with E-state index in [1.165, 1.54) is 18.2 Å². The summed E-state index contributed by atoms with van der Waals surface area (Å²) in [5.74, 6) is -1.72. The van der Waals surface area contributed by atoms with Crippen molar-refractivity contribution in [3.63, 3.8) is 0 Å². The molecule has 0 N–H and O–H groups in total. The third-order valence-corrected chi connectivity index (χ3v) is 3.48. The molecule has 112 valence electrons. The Morgan fingerprint density at radius 1 is 1.05 bits per heavy atom. The van der Waals surface area contributed by atoms with Gasteiger partial charge in [-0.3, -0.25) is 4.79 Å². The van der Waals surface area contributed by atoms with Crippen molar-refractivity contribution < 1.29 is 18.1 Å². The lowest BCUT2D eigenvalue weighted by Crippen LogP contribution is -2.13. The van der Waals surface area contributed by atoms with Gasteiger partial charge in [-0.15, -0.1) is 4.74 Å². The highest BCUT2D eigenvalue weighted by molar-refractivity contribution is 6.01. The SMILES string of the molecule is Cc1cc(F)ccc1C(=O)n1oc(=O)c2c(C)cc(F)cc21. The molecule has 0 amide bonds. The van der Waals surface area contributed by atoms with Crippen LogP contribution in [0.1, 0.15) is 21.5 Å². The molecule has 0 saturated heterocycles. The predicted molar refractivity (Wildman–Crippen MR) is 76.0 cm³/mol. The van der Waals surface area contributed by atoms with Gasteiger partial charge in [0.2, 0.25) is 0 Å². The summed E-state index contributed by atoms with van der Waals surface area (Å²) in [5.41, 5.74) is 0.273. The number of benzene rings is 2. The molecule has 0 radical (unpaired) electrons. The Morgan fingerprint density at radius 3 is 2.41 bits per heavy atom. The molecule has 4 nitrogen and oxygen atoms in total. The number of hydrogen-bond donors (Lipinski definition) is 0. The first-order valence-electron chi connectivity index (χ1n) is 6.51. The first kappa shape index (κ1) is 14.2. The minimum absolute atomic E-state index is 0.0521. The molecule has 0 aliphatic carbocycles. The van der Waals surface area contributed by atoms with Crippen LogP contribution in [0.3, 0.4) is 0 Å². The quantitative estimate of drug-likeness (QED) is 0.694. The van der Waals surface area contributed by atoms with Gasteiger partial charge in [0.25, 0.3) is 5.91 Å². The molecule has 0 aliphatic heterocycles. The highest BCUT2D eigenvalue weighted by atomic mass is 19.1. The van der Waals surface area contributed by atoms with Crippen LogP contribution >= 0.6 is 0 Å². The maximum Gasteiger partial charge on any atom is 0.366 e. The number of carbonyl (C=O) groups excluding carboxylic acids is 1. The second-order valence-electron chi connectivity index (χ2n) is 5.05. The van der Waals surface area contributed by atoms with E-state index in [0.29, 0.717) is 11.1 Å². The van der Waals surface area contributed by atoms with Gasteiger partial charge in [-0.2, -0.15) is 0 Å². The molecule has 3 aromatic rings. The number of aromatic nitrogens is 1. The second kappa shape index (κ2) is 4.91. The van der Waals surface area contributed by atoms with Crippen molar-refractivity contribution in [3.8, 4) is 0 Å². The van der Waals surface area contributed by atoms with Gasteiger partial charge >= 0.3 is 5.63 Å². The van der Waals surface area contributed by atoms with Gasteiger partial charge in [0, 0.05) is 11.6 Å². The fraction of sp³-hybridized carbons (Fsp3) is 0.125. The van der Waals surface area contributed by atoms with Gasteiger partial charge in [0.15, 0.2) is 0 Å². The zero-order chi connectivity index (χ0) is 16.0. The molecule has 0 bridgehead atoms. The monoisotopic (exact) mass is 303 g/mol. The van der Waals surface area contributed by atoms with E-state index in [9.17, 15) is 18.4 Å². The number of fused-ring (bicyclic) bond motifs is 1. The maximum atomic E-state index is 13.6. The fourth-order valence-electron chi connectivity index (χ4n) is 2.46. The van der Waals surface area contributed by atoms with Crippen LogP contribution in [-0.4, -0.2) is 10.6 Å². The van der Waals surface area contributed by atoms with E-state index in [1.807, 2.05) is 0 Å². The van der Waals surface area contributed by atoms with E-state index in [2.05, 4.69) is 0 Å². The van der Waals surface area contributed by atoms with Crippen molar-refractivity contribution in [2.45, 2.75) is 13.8 Å². The van der Waals surface area contributed by atoms with E-state index in [-0.39, 0.29) is 16.5 Å². The molecule has 1 heterocycles. The molecule has 0 saturated carbocycles. The minimum atomic E-state index is -0.722. The molecule has 22 heavy (non-hydrogen) atoms. The lowest BCUT2D eigenvalue weighted by Gasteiger charge is -2.05. The van der Waals surface area contributed by atoms with Crippen LogP contribution in [0.2, 0.25) is 0 Å². The molecule has 0 fully saturated rings. The number of carbonyl (C=O) groups is 1. The average Bonchev–Trinajstić information content (AvgIpc) is 2.75. The lowest BCUT2D eigenvalue weighted by atomic mass is 10.1. The smallest absolute Gasteiger partial charge is 0.327 e.